The summed E-state index contributed by atoms with van der Waals surface area (Å²) in [5, 5.41) is 0. The van der Waals surface area contributed by atoms with Crippen LogP contribution < -0.4 is 10.6 Å². The van der Waals surface area contributed by atoms with Gasteiger partial charge in [0.25, 0.3) is 0 Å². The van der Waals surface area contributed by atoms with Gasteiger partial charge in [-0.25, -0.2) is 4.39 Å². The fourth-order valence-electron chi connectivity index (χ4n) is 2.36. The van der Waals surface area contributed by atoms with E-state index in [0.29, 0.717) is 18.2 Å². The molecule has 1 aliphatic heterocycles. The van der Waals surface area contributed by atoms with E-state index in [1.165, 1.54) is 6.07 Å². The maximum atomic E-state index is 13.9. The number of nitrogens with two attached hydrogens (primary N) is 1. The van der Waals surface area contributed by atoms with Crippen LogP contribution >= 0.6 is 0 Å². The van der Waals surface area contributed by atoms with Gasteiger partial charge in [0.05, 0.1) is 12.3 Å². The topological polar surface area (TPSA) is 38.5 Å². The highest BCUT2D eigenvalue weighted by Gasteiger charge is 2.24. The standard InChI is InChI=1S/C13H19FN2O/c1-17-9-11-4-5-16(8-11)13-3-2-10(7-15)6-12(13)14/h2-3,6,11H,4-5,7-9,15H2,1H3. The molecule has 3 nitrogen and oxygen atoms in total. The quantitative estimate of drug-likeness (QED) is 0.868. The summed E-state index contributed by atoms with van der Waals surface area (Å²) in [5.74, 6) is 0.333. The Labute approximate surface area is 101 Å². The lowest BCUT2D eigenvalue weighted by atomic mass is 10.1. The van der Waals surface area contributed by atoms with Crippen LogP contribution in [0.25, 0.3) is 0 Å². The van der Waals surface area contributed by atoms with E-state index in [-0.39, 0.29) is 5.82 Å². The molecule has 0 aromatic heterocycles. The van der Waals surface area contributed by atoms with Gasteiger partial charge < -0.3 is 15.4 Å². The second-order valence-corrected chi connectivity index (χ2v) is 4.55. The van der Waals surface area contributed by atoms with Crippen molar-refractivity contribution in [2.45, 2.75) is 13.0 Å². The van der Waals surface area contributed by atoms with Crippen molar-refractivity contribution in [1.29, 1.82) is 0 Å². The molecule has 4 heteroatoms. The van der Waals surface area contributed by atoms with Crippen molar-refractivity contribution < 1.29 is 9.13 Å². The molecular weight excluding hydrogens is 219 g/mol. The van der Waals surface area contributed by atoms with Crippen molar-refractivity contribution in [3.8, 4) is 0 Å². The van der Waals surface area contributed by atoms with Gasteiger partial charge in [0.1, 0.15) is 5.82 Å². The van der Waals surface area contributed by atoms with Crippen LogP contribution in [0.2, 0.25) is 0 Å². The van der Waals surface area contributed by atoms with Crippen LogP contribution in [0.3, 0.4) is 0 Å². The Bertz CT molecular complexity index is 384. The zero-order valence-electron chi connectivity index (χ0n) is 10.2. The first-order valence-electron chi connectivity index (χ1n) is 5.97. The van der Waals surface area contributed by atoms with Crippen molar-refractivity contribution in [2.24, 2.45) is 11.7 Å². The molecule has 0 saturated carbocycles. The monoisotopic (exact) mass is 238 g/mol. The van der Waals surface area contributed by atoms with Gasteiger partial charge >= 0.3 is 0 Å². The van der Waals surface area contributed by atoms with Crippen LogP contribution in [0.4, 0.5) is 10.1 Å². The van der Waals surface area contributed by atoms with E-state index in [0.717, 1.165) is 31.7 Å². The van der Waals surface area contributed by atoms with Crippen molar-refractivity contribution in [1.82, 2.24) is 0 Å². The third-order valence-corrected chi connectivity index (χ3v) is 3.28. The molecule has 0 radical (unpaired) electrons. The average Bonchev–Trinajstić information content (AvgIpc) is 2.78. The van der Waals surface area contributed by atoms with E-state index in [9.17, 15) is 4.39 Å². The second-order valence-electron chi connectivity index (χ2n) is 4.55. The molecule has 94 valence electrons. The van der Waals surface area contributed by atoms with Gasteiger partial charge in [-0.05, 0) is 24.1 Å². The largest absolute Gasteiger partial charge is 0.384 e. The van der Waals surface area contributed by atoms with E-state index in [1.54, 1.807) is 7.11 Å². The smallest absolute Gasteiger partial charge is 0.146 e. The summed E-state index contributed by atoms with van der Waals surface area (Å²) in [6, 6.07) is 5.24. The number of anilines is 1. The number of hydrogen-bond acceptors (Lipinski definition) is 3. The fraction of sp³-hybridized carbons (Fsp3) is 0.538. The van der Waals surface area contributed by atoms with Crippen LogP contribution in [-0.4, -0.2) is 26.8 Å². The molecule has 0 aliphatic carbocycles. The molecule has 1 atom stereocenters. The fourth-order valence-corrected chi connectivity index (χ4v) is 2.36. The minimum atomic E-state index is -0.175. The molecule has 0 amide bonds. The lowest BCUT2D eigenvalue weighted by Crippen LogP contribution is -2.22. The molecule has 1 aromatic carbocycles. The van der Waals surface area contributed by atoms with Crippen LogP contribution in [0, 0.1) is 11.7 Å². The summed E-state index contributed by atoms with van der Waals surface area (Å²) >= 11 is 0. The average molecular weight is 238 g/mol. The molecule has 1 saturated heterocycles. The summed E-state index contributed by atoms with van der Waals surface area (Å²) in [7, 11) is 1.71. The highest BCUT2D eigenvalue weighted by Crippen LogP contribution is 2.27. The van der Waals surface area contributed by atoms with Gasteiger partial charge in [-0.3, -0.25) is 0 Å². The van der Waals surface area contributed by atoms with E-state index in [2.05, 4.69) is 4.90 Å². The van der Waals surface area contributed by atoms with E-state index in [1.807, 2.05) is 12.1 Å². The highest BCUT2D eigenvalue weighted by atomic mass is 19.1. The third kappa shape index (κ3) is 2.76. The number of nitrogens with zero attached hydrogens (tertiary/aromatic N) is 1. The zero-order valence-corrected chi connectivity index (χ0v) is 10.2. The predicted octanol–water partition coefficient (Wildman–Crippen LogP) is 1.76. The third-order valence-electron chi connectivity index (χ3n) is 3.28. The Kier molecular flexibility index (Phi) is 3.97. The van der Waals surface area contributed by atoms with E-state index < -0.39 is 0 Å². The maximum absolute atomic E-state index is 13.9. The van der Waals surface area contributed by atoms with Crippen LogP contribution in [-0.2, 0) is 11.3 Å². The number of methoxy groups -OCH3 is 1. The molecule has 1 aromatic rings. The Morgan fingerprint density at radius 3 is 3.00 bits per heavy atom. The summed E-state index contributed by atoms with van der Waals surface area (Å²) in [4.78, 5) is 2.08. The van der Waals surface area contributed by atoms with Crippen molar-refractivity contribution >= 4 is 5.69 Å². The van der Waals surface area contributed by atoms with Crippen LogP contribution in [0.1, 0.15) is 12.0 Å². The van der Waals surface area contributed by atoms with Gasteiger partial charge in [-0.1, -0.05) is 6.07 Å². The van der Waals surface area contributed by atoms with Gasteiger partial charge in [0.2, 0.25) is 0 Å². The Balaban J connectivity index is 2.08. The molecule has 2 rings (SSSR count). The normalized spacial score (nSPS) is 19.9. The first kappa shape index (κ1) is 12.3. The van der Waals surface area contributed by atoms with Gasteiger partial charge in [0.15, 0.2) is 0 Å². The van der Waals surface area contributed by atoms with Crippen molar-refractivity contribution in [2.75, 3.05) is 31.7 Å². The highest BCUT2D eigenvalue weighted by molar-refractivity contribution is 5.50. The van der Waals surface area contributed by atoms with E-state index >= 15 is 0 Å². The number of rotatable bonds is 4. The summed E-state index contributed by atoms with van der Waals surface area (Å²) in [6.45, 7) is 2.89. The minimum Gasteiger partial charge on any atom is -0.384 e. The molecule has 1 unspecified atom stereocenters. The lowest BCUT2D eigenvalue weighted by molar-refractivity contribution is 0.161. The number of halogens is 1. The summed E-state index contributed by atoms with van der Waals surface area (Å²) in [5.41, 5.74) is 7.00. The number of benzene rings is 1. The first-order chi connectivity index (χ1) is 8.24. The molecule has 17 heavy (non-hydrogen) atoms. The maximum Gasteiger partial charge on any atom is 0.146 e. The SMILES string of the molecule is COCC1CCN(c2ccc(CN)cc2F)C1. The lowest BCUT2D eigenvalue weighted by Gasteiger charge is -2.19. The molecular formula is C13H19FN2O. The van der Waals surface area contributed by atoms with Crippen LogP contribution in [0.5, 0.6) is 0 Å². The summed E-state index contributed by atoms with van der Waals surface area (Å²) in [6.07, 6.45) is 1.06. The molecule has 0 spiro atoms. The number of hydrogen-bond donors (Lipinski definition) is 1. The van der Waals surface area contributed by atoms with Crippen molar-refractivity contribution in [3.05, 3.63) is 29.6 Å². The first-order valence-corrected chi connectivity index (χ1v) is 5.97. The van der Waals surface area contributed by atoms with Crippen molar-refractivity contribution in [3.63, 3.8) is 0 Å². The van der Waals surface area contributed by atoms with E-state index in [4.69, 9.17) is 10.5 Å². The van der Waals surface area contributed by atoms with Gasteiger partial charge in [-0.2, -0.15) is 0 Å². The Morgan fingerprint density at radius 1 is 1.53 bits per heavy atom. The molecule has 1 heterocycles. The summed E-state index contributed by atoms with van der Waals surface area (Å²) < 4.78 is 19.0. The molecule has 1 aliphatic rings. The van der Waals surface area contributed by atoms with Gasteiger partial charge in [0, 0.05) is 32.7 Å². The van der Waals surface area contributed by atoms with Gasteiger partial charge in [-0.15, -0.1) is 0 Å². The van der Waals surface area contributed by atoms with Crippen LogP contribution in [0.15, 0.2) is 18.2 Å². The Morgan fingerprint density at radius 2 is 2.35 bits per heavy atom. The number of ether oxygens (including phenoxy) is 1. The molecule has 0 bridgehead atoms. The second kappa shape index (κ2) is 5.47. The minimum absolute atomic E-state index is 0.175. The predicted molar refractivity (Wildman–Crippen MR) is 66.5 cm³/mol. The Hall–Kier alpha value is -1.13. The zero-order chi connectivity index (χ0) is 12.3. The molecule has 2 N–H and O–H groups in total. The molecule has 1 fully saturated rings.